The lowest BCUT2D eigenvalue weighted by atomic mass is 9.85. The average Bonchev–Trinajstić information content (AvgIpc) is 2.93. The Morgan fingerprint density at radius 3 is 2.04 bits per heavy atom. The van der Waals surface area contributed by atoms with Crippen LogP contribution in [0.1, 0.15) is 55.7 Å². The normalized spacial score (nSPS) is 16.9. The van der Waals surface area contributed by atoms with E-state index < -0.39 is 7.25 Å². The lowest BCUT2D eigenvalue weighted by Gasteiger charge is -2.24. The van der Waals surface area contributed by atoms with E-state index in [1.165, 1.54) is 34.6 Å². The molecule has 1 aliphatic rings. The Kier molecular flexibility index (Phi) is 5.54. The summed E-state index contributed by atoms with van der Waals surface area (Å²) in [4.78, 5) is 0. The third-order valence-corrected chi connectivity index (χ3v) is 4.60. The van der Waals surface area contributed by atoms with Crippen molar-refractivity contribution in [3.8, 4) is 5.69 Å². The van der Waals surface area contributed by atoms with Gasteiger partial charge in [-0.05, 0) is 43.7 Å². The Morgan fingerprint density at radius 1 is 1.08 bits per heavy atom. The molecular weight excluding hydrogens is 345 g/mol. The van der Waals surface area contributed by atoms with Crippen molar-refractivity contribution in [2.24, 2.45) is 5.41 Å². The molecule has 1 atom stereocenters. The highest BCUT2D eigenvalue weighted by Crippen LogP contribution is 2.33. The highest BCUT2D eigenvalue weighted by atomic mass is 19.5. The van der Waals surface area contributed by atoms with Gasteiger partial charge in [0.1, 0.15) is 5.69 Å². The molecule has 0 amide bonds. The van der Waals surface area contributed by atoms with E-state index in [9.17, 15) is 17.3 Å². The summed E-state index contributed by atoms with van der Waals surface area (Å²) < 4.78 is 43.5. The minimum absolute atomic E-state index is 0.279. The fraction of sp³-hybridized carbons (Fsp3) is 0.556. The zero-order valence-corrected chi connectivity index (χ0v) is 16.2. The summed E-state index contributed by atoms with van der Waals surface area (Å²) in [6, 6.07) is 5.02. The highest BCUT2D eigenvalue weighted by Gasteiger charge is 2.39. The first kappa shape index (κ1) is 20.5. The van der Waals surface area contributed by atoms with Gasteiger partial charge in [-0.3, -0.25) is 0 Å². The molecule has 0 N–H and O–H groups in total. The van der Waals surface area contributed by atoms with Gasteiger partial charge in [0, 0.05) is 11.5 Å². The number of nitrogens with zero attached hydrogens (tertiary/aromatic N) is 3. The van der Waals surface area contributed by atoms with Crippen LogP contribution in [-0.2, 0) is 6.42 Å². The van der Waals surface area contributed by atoms with Gasteiger partial charge in [-0.2, -0.15) is 0 Å². The highest BCUT2D eigenvalue weighted by molar-refractivity contribution is 6.50. The van der Waals surface area contributed by atoms with Crippen LogP contribution in [0.3, 0.4) is 0 Å². The number of aryl methyl sites for hydroxylation is 4. The summed E-state index contributed by atoms with van der Waals surface area (Å²) in [7, 11) is -6.00. The van der Waals surface area contributed by atoms with Crippen LogP contribution in [0.5, 0.6) is 0 Å². The maximum atomic E-state index is 9.75. The van der Waals surface area contributed by atoms with E-state index >= 15 is 0 Å². The fourth-order valence-corrected chi connectivity index (χ4v) is 3.72. The average molecular weight is 371 g/mol. The molecule has 1 aliphatic heterocycles. The van der Waals surface area contributed by atoms with E-state index in [1.54, 1.807) is 0 Å². The van der Waals surface area contributed by atoms with E-state index in [1.807, 2.05) is 0 Å². The van der Waals surface area contributed by atoms with Crippen molar-refractivity contribution in [3.63, 3.8) is 0 Å². The molecule has 0 saturated heterocycles. The second-order valence-electron chi connectivity index (χ2n) is 8.05. The van der Waals surface area contributed by atoms with E-state index in [0.29, 0.717) is 6.04 Å². The molecule has 2 aromatic rings. The molecule has 26 heavy (non-hydrogen) atoms. The molecule has 0 spiro atoms. The lowest BCUT2D eigenvalue weighted by molar-refractivity contribution is -0.729. The van der Waals surface area contributed by atoms with Crippen LogP contribution >= 0.6 is 0 Å². The van der Waals surface area contributed by atoms with Crippen LogP contribution in [0.15, 0.2) is 18.5 Å². The molecule has 1 aromatic carbocycles. The van der Waals surface area contributed by atoms with Gasteiger partial charge in [0.15, 0.2) is 0 Å². The summed E-state index contributed by atoms with van der Waals surface area (Å²) in [6.45, 7) is 13.5. The zero-order chi connectivity index (χ0) is 19.9. The number of fused-ring (bicyclic) bond motifs is 1. The van der Waals surface area contributed by atoms with Gasteiger partial charge >= 0.3 is 7.25 Å². The largest absolute Gasteiger partial charge is 0.673 e. The molecule has 0 fully saturated rings. The van der Waals surface area contributed by atoms with Gasteiger partial charge in [0.05, 0.1) is 6.04 Å². The third-order valence-electron chi connectivity index (χ3n) is 4.60. The summed E-state index contributed by atoms with van der Waals surface area (Å²) >= 11 is 0. The lowest BCUT2D eigenvalue weighted by Crippen LogP contribution is -2.43. The molecule has 3 rings (SSSR count). The summed E-state index contributed by atoms with van der Waals surface area (Å²) in [6.07, 6.45) is 4.49. The van der Waals surface area contributed by atoms with Crippen LogP contribution < -0.4 is 4.57 Å². The van der Waals surface area contributed by atoms with Crippen molar-refractivity contribution in [1.29, 1.82) is 0 Å². The van der Waals surface area contributed by atoms with Crippen LogP contribution in [0.25, 0.3) is 5.69 Å². The topological polar surface area (TPSA) is 21.7 Å². The van der Waals surface area contributed by atoms with Gasteiger partial charge < -0.3 is 17.3 Å². The van der Waals surface area contributed by atoms with Crippen molar-refractivity contribution < 1.29 is 21.8 Å². The Hall–Kier alpha value is -1.86. The number of halogens is 4. The first-order chi connectivity index (χ1) is 11.8. The Morgan fingerprint density at radius 2 is 1.58 bits per heavy atom. The smallest absolute Gasteiger partial charge is 0.418 e. The monoisotopic (exact) mass is 371 g/mol. The van der Waals surface area contributed by atoms with Crippen molar-refractivity contribution in [2.45, 2.75) is 60.4 Å². The second kappa shape index (κ2) is 7.04. The molecule has 0 unspecified atom stereocenters. The number of aromatic nitrogens is 3. The molecule has 8 heteroatoms. The molecule has 0 radical (unpaired) electrons. The molecule has 0 aliphatic carbocycles. The molecule has 0 bridgehead atoms. The molecule has 1 aromatic heterocycles. The zero-order valence-electron chi connectivity index (χ0n) is 16.2. The quantitative estimate of drug-likeness (QED) is 0.396. The third kappa shape index (κ3) is 4.86. The Labute approximate surface area is 152 Å². The Bertz CT molecular complexity index is 762. The van der Waals surface area contributed by atoms with Crippen molar-refractivity contribution in [1.82, 2.24) is 9.78 Å². The maximum Gasteiger partial charge on any atom is 0.673 e. The minimum atomic E-state index is -6.00. The molecular formula is C18H26BF4N3. The predicted octanol–water partition coefficient (Wildman–Crippen LogP) is 4.92. The Balaban J connectivity index is 0.000000431. The van der Waals surface area contributed by atoms with Gasteiger partial charge in [0.25, 0.3) is 5.82 Å². The van der Waals surface area contributed by atoms with Gasteiger partial charge in [0.2, 0.25) is 6.33 Å². The molecule has 0 saturated carbocycles. The number of hydrogen-bond acceptors (Lipinski definition) is 1. The van der Waals surface area contributed by atoms with Crippen molar-refractivity contribution in [3.05, 3.63) is 41.0 Å². The van der Waals surface area contributed by atoms with E-state index in [0.717, 1.165) is 6.42 Å². The summed E-state index contributed by atoms with van der Waals surface area (Å²) in [5, 5.41) is 4.86. The van der Waals surface area contributed by atoms with Gasteiger partial charge in [-0.1, -0.05) is 43.1 Å². The first-order valence-corrected chi connectivity index (χ1v) is 8.72. The van der Waals surface area contributed by atoms with Crippen LogP contribution in [-0.4, -0.2) is 17.0 Å². The van der Waals surface area contributed by atoms with Crippen LogP contribution in [0, 0.1) is 26.2 Å². The van der Waals surface area contributed by atoms with Crippen LogP contribution in [0.4, 0.5) is 17.3 Å². The van der Waals surface area contributed by atoms with Gasteiger partial charge in [-0.15, -0.1) is 0 Å². The standard InChI is InChI=1S/C18H26N3.BF4/c1-12-9-13(2)17(14(3)10-12)21-11-20-15(18(4,5)6)7-8-16(20)19-21;2-1(3,4)5/h9-11,15H,7-8H2,1-6H3;/q+1;-1/t15-;/m0./s1. The molecule has 144 valence electrons. The van der Waals surface area contributed by atoms with Crippen molar-refractivity contribution in [2.75, 3.05) is 0 Å². The van der Waals surface area contributed by atoms with E-state index in [4.69, 9.17) is 5.10 Å². The number of benzene rings is 1. The predicted molar refractivity (Wildman–Crippen MR) is 95.0 cm³/mol. The van der Waals surface area contributed by atoms with E-state index in [2.05, 4.69) is 69.3 Å². The first-order valence-electron chi connectivity index (χ1n) is 8.72. The number of rotatable bonds is 1. The second-order valence-corrected chi connectivity index (χ2v) is 8.05. The molecule has 3 nitrogen and oxygen atoms in total. The van der Waals surface area contributed by atoms with Gasteiger partial charge in [-0.25, -0.2) is 4.57 Å². The summed E-state index contributed by atoms with van der Waals surface area (Å²) in [5.74, 6) is 1.22. The summed E-state index contributed by atoms with van der Waals surface area (Å²) in [5.41, 5.74) is 5.41. The van der Waals surface area contributed by atoms with Crippen LogP contribution in [0.2, 0.25) is 0 Å². The van der Waals surface area contributed by atoms with E-state index in [-0.39, 0.29) is 5.41 Å². The van der Waals surface area contributed by atoms with Crippen molar-refractivity contribution >= 4 is 7.25 Å². The fourth-order valence-electron chi connectivity index (χ4n) is 3.72. The molecule has 2 heterocycles. The number of hydrogen-bond donors (Lipinski definition) is 0. The minimum Gasteiger partial charge on any atom is -0.418 e. The maximum absolute atomic E-state index is 9.75. The SMILES string of the molecule is Cc1cc(C)c(-n2c[n+]3c(n2)CC[C@H]3C(C)(C)C)c(C)c1.F[B-](F)(F)F.